The zero-order valence-corrected chi connectivity index (χ0v) is 19.4. The number of benzene rings is 3. The van der Waals surface area contributed by atoms with Crippen molar-refractivity contribution < 1.29 is 22.3 Å². The number of amides is 1. The van der Waals surface area contributed by atoms with Gasteiger partial charge in [-0.05, 0) is 53.9 Å². The van der Waals surface area contributed by atoms with Gasteiger partial charge < -0.3 is 9.64 Å². The SMILES string of the molecule is Cc1c(C(=O)N2CCOc3ccc(-c4ccc5cn[nH]c5c4)cc3C2)ccc(S(C)(=O)=O)c1F. The number of ether oxygens (including phenoxy) is 1. The second-order valence-electron chi connectivity index (χ2n) is 8.39. The Morgan fingerprint density at radius 3 is 2.68 bits per heavy atom. The number of hydrogen-bond donors (Lipinski definition) is 1. The maximum atomic E-state index is 14.8. The highest BCUT2D eigenvalue weighted by molar-refractivity contribution is 7.90. The summed E-state index contributed by atoms with van der Waals surface area (Å²) in [5, 5.41) is 8.05. The molecule has 0 unspecified atom stereocenters. The fourth-order valence-electron chi connectivity index (χ4n) is 4.21. The number of carbonyl (C=O) groups excluding carboxylic acids is 1. The smallest absolute Gasteiger partial charge is 0.254 e. The van der Waals surface area contributed by atoms with Crippen molar-refractivity contribution in [2.45, 2.75) is 18.4 Å². The van der Waals surface area contributed by atoms with Gasteiger partial charge in [0.2, 0.25) is 0 Å². The van der Waals surface area contributed by atoms with Gasteiger partial charge in [0.15, 0.2) is 9.84 Å². The van der Waals surface area contributed by atoms with Crippen molar-refractivity contribution in [3.8, 4) is 16.9 Å². The number of H-pyrrole nitrogens is 1. The van der Waals surface area contributed by atoms with E-state index in [1.807, 2.05) is 36.4 Å². The van der Waals surface area contributed by atoms with Gasteiger partial charge in [-0.2, -0.15) is 5.10 Å². The van der Waals surface area contributed by atoms with Gasteiger partial charge in [-0.25, -0.2) is 12.8 Å². The van der Waals surface area contributed by atoms with Gasteiger partial charge >= 0.3 is 0 Å². The minimum atomic E-state index is -3.74. The summed E-state index contributed by atoms with van der Waals surface area (Å²) >= 11 is 0. The molecule has 0 atom stereocenters. The average molecular weight is 480 g/mol. The molecular weight excluding hydrogens is 457 g/mol. The molecule has 174 valence electrons. The molecule has 9 heteroatoms. The standard InChI is InChI=1S/C25H22FN3O4S/c1-15-20(6-8-23(24(15)26)34(2,31)32)25(30)29-9-10-33-22-7-5-16(11-19(22)14-29)17-3-4-18-13-27-28-21(18)12-17/h3-8,11-13H,9-10,14H2,1-2H3,(H,27,28). The van der Waals surface area contributed by atoms with Crippen LogP contribution in [0.15, 0.2) is 59.6 Å². The zero-order valence-electron chi connectivity index (χ0n) is 18.6. The molecule has 1 N–H and O–H groups in total. The molecule has 0 fully saturated rings. The second-order valence-corrected chi connectivity index (χ2v) is 10.4. The summed E-state index contributed by atoms with van der Waals surface area (Å²) in [4.78, 5) is 14.5. The maximum Gasteiger partial charge on any atom is 0.254 e. The lowest BCUT2D eigenvalue weighted by Gasteiger charge is -2.21. The van der Waals surface area contributed by atoms with Gasteiger partial charge in [-0.15, -0.1) is 0 Å². The topological polar surface area (TPSA) is 92.4 Å². The molecule has 0 spiro atoms. The third-order valence-electron chi connectivity index (χ3n) is 6.08. The van der Waals surface area contributed by atoms with Crippen molar-refractivity contribution in [2.24, 2.45) is 0 Å². The average Bonchev–Trinajstić information content (AvgIpc) is 3.17. The molecule has 0 aliphatic carbocycles. The van der Waals surface area contributed by atoms with Crippen molar-refractivity contribution >= 4 is 26.6 Å². The summed E-state index contributed by atoms with van der Waals surface area (Å²) in [5.74, 6) is -0.578. The summed E-state index contributed by atoms with van der Waals surface area (Å²) in [7, 11) is -3.74. The lowest BCUT2D eigenvalue weighted by molar-refractivity contribution is 0.0731. The van der Waals surface area contributed by atoms with Crippen LogP contribution in [-0.2, 0) is 16.4 Å². The highest BCUT2D eigenvalue weighted by atomic mass is 32.2. The van der Waals surface area contributed by atoms with E-state index in [0.29, 0.717) is 18.9 Å². The Balaban J connectivity index is 1.47. The van der Waals surface area contributed by atoms with Gasteiger partial charge in [-0.3, -0.25) is 9.89 Å². The summed E-state index contributed by atoms with van der Waals surface area (Å²) in [6.45, 7) is 2.31. The fraction of sp³-hybridized carbons (Fsp3) is 0.200. The Morgan fingerprint density at radius 2 is 1.88 bits per heavy atom. The number of halogens is 1. The Labute approximate surface area is 196 Å². The van der Waals surface area contributed by atoms with Crippen molar-refractivity contribution in [1.29, 1.82) is 0 Å². The van der Waals surface area contributed by atoms with Crippen LogP contribution in [0.3, 0.4) is 0 Å². The van der Waals surface area contributed by atoms with E-state index in [-0.39, 0.29) is 23.6 Å². The van der Waals surface area contributed by atoms with Crippen LogP contribution in [0.5, 0.6) is 5.75 Å². The van der Waals surface area contributed by atoms with E-state index in [9.17, 15) is 17.6 Å². The van der Waals surface area contributed by atoms with E-state index in [0.717, 1.165) is 39.9 Å². The highest BCUT2D eigenvalue weighted by Gasteiger charge is 2.26. The Bertz CT molecular complexity index is 1550. The van der Waals surface area contributed by atoms with Crippen LogP contribution in [-0.4, -0.2) is 48.8 Å². The molecule has 0 radical (unpaired) electrons. The van der Waals surface area contributed by atoms with Gasteiger partial charge in [0.05, 0.1) is 18.3 Å². The molecule has 1 aliphatic heterocycles. The predicted molar refractivity (Wildman–Crippen MR) is 126 cm³/mol. The van der Waals surface area contributed by atoms with Gasteiger partial charge in [0.25, 0.3) is 5.91 Å². The van der Waals surface area contributed by atoms with Crippen LogP contribution in [0.2, 0.25) is 0 Å². The number of aromatic nitrogens is 2. The van der Waals surface area contributed by atoms with E-state index >= 15 is 0 Å². The number of nitrogens with zero attached hydrogens (tertiary/aromatic N) is 2. The minimum Gasteiger partial charge on any atom is -0.491 e. The first kappa shape index (κ1) is 22.1. The van der Waals surface area contributed by atoms with E-state index in [1.54, 1.807) is 11.1 Å². The largest absolute Gasteiger partial charge is 0.491 e. The highest BCUT2D eigenvalue weighted by Crippen LogP contribution is 2.31. The number of aromatic amines is 1. The van der Waals surface area contributed by atoms with Crippen LogP contribution in [0.1, 0.15) is 21.5 Å². The summed E-state index contributed by atoms with van der Waals surface area (Å²) in [5.41, 5.74) is 3.87. The molecule has 0 saturated heterocycles. The first-order valence-electron chi connectivity index (χ1n) is 10.7. The van der Waals surface area contributed by atoms with Crippen LogP contribution < -0.4 is 4.74 Å². The Morgan fingerprint density at radius 1 is 1.12 bits per heavy atom. The summed E-state index contributed by atoms with van der Waals surface area (Å²) < 4.78 is 44.3. The normalized spacial score (nSPS) is 13.9. The summed E-state index contributed by atoms with van der Waals surface area (Å²) in [6, 6.07) is 14.4. The van der Waals surface area contributed by atoms with E-state index < -0.39 is 20.5 Å². The molecule has 1 amide bonds. The quantitative estimate of drug-likeness (QED) is 0.477. The predicted octanol–water partition coefficient (Wildman–Crippen LogP) is 4.12. The molecule has 1 aromatic heterocycles. The monoisotopic (exact) mass is 479 g/mol. The van der Waals surface area contributed by atoms with Gasteiger partial charge in [-0.1, -0.05) is 18.2 Å². The fourth-order valence-corrected chi connectivity index (χ4v) is 5.01. The number of hydrogen-bond acceptors (Lipinski definition) is 5. The minimum absolute atomic E-state index is 0.0138. The van der Waals surface area contributed by atoms with Crippen molar-refractivity contribution in [3.63, 3.8) is 0 Å². The first-order valence-corrected chi connectivity index (χ1v) is 12.6. The molecular formula is C25H22FN3O4S. The molecule has 34 heavy (non-hydrogen) atoms. The van der Waals surface area contributed by atoms with Gasteiger partial charge in [0, 0.05) is 29.3 Å². The second kappa shape index (κ2) is 8.25. The number of fused-ring (bicyclic) bond motifs is 2. The Hall–Kier alpha value is -3.72. The van der Waals surface area contributed by atoms with Crippen LogP contribution >= 0.6 is 0 Å². The molecule has 2 heterocycles. The first-order chi connectivity index (χ1) is 16.2. The lowest BCUT2D eigenvalue weighted by Crippen LogP contribution is -2.33. The number of carbonyl (C=O) groups is 1. The van der Waals surface area contributed by atoms with Crippen LogP contribution in [0.4, 0.5) is 4.39 Å². The molecule has 7 nitrogen and oxygen atoms in total. The van der Waals surface area contributed by atoms with E-state index in [4.69, 9.17) is 4.74 Å². The van der Waals surface area contributed by atoms with E-state index in [1.165, 1.54) is 13.0 Å². The van der Waals surface area contributed by atoms with Crippen molar-refractivity contribution in [1.82, 2.24) is 15.1 Å². The molecule has 1 aliphatic rings. The van der Waals surface area contributed by atoms with Crippen molar-refractivity contribution in [2.75, 3.05) is 19.4 Å². The molecule has 3 aromatic carbocycles. The molecule has 0 saturated carbocycles. The van der Waals surface area contributed by atoms with Crippen molar-refractivity contribution in [3.05, 3.63) is 77.2 Å². The lowest BCUT2D eigenvalue weighted by atomic mass is 10.0. The zero-order chi connectivity index (χ0) is 24.0. The third kappa shape index (κ3) is 3.92. The van der Waals surface area contributed by atoms with E-state index in [2.05, 4.69) is 10.2 Å². The number of sulfone groups is 1. The molecule has 4 aromatic rings. The Kier molecular flexibility index (Phi) is 5.36. The number of nitrogens with one attached hydrogen (secondary N) is 1. The summed E-state index contributed by atoms with van der Waals surface area (Å²) in [6.07, 6.45) is 2.71. The molecule has 5 rings (SSSR count). The van der Waals surface area contributed by atoms with Gasteiger partial charge in [0.1, 0.15) is 23.1 Å². The maximum absolute atomic E-state index is 14.8. The molecule has 0 bridgehead atoms. The van der Waals surface area contributed by atoms with Crippen LogP contribution in [0, 0.1) is 12.7 Å². The van der Waals surface area contributed by atoms with Crippen LogP contribution in [0.25, 0.3) is 22.0 Å². The third-order valence-corrected chi connectivity index (χ3v) is 7.20. The number of rotatable bonds is 3.